The van der Waals surface area contributed by atoms with Crippen molar-refractivity contribution in [2.24, 2.45) is 5.10 Å². The monoisotopic (exact) mass is 490 g/mol. The molecular formula is C26H27BrN4O. The highest BCUT2D eigenvalue weighted by atomic mass is 79.9. The summed E-state index contributed by atoms with van der Waals surface area (Å²) in [7, 11) is 0. The third kappa shape index (κ3) is 4.07. The van der Waals surface area contributed by atoms with E-state index in [2.05, 4.69) is 77.6 Å². The molecule has 0 N–H and O–H groups in total. The van der Waals surface area contributed by atoms with Crippen LogP contribution in [0.2, 0.25) is 0 Å². The number of halogens is 1. The summed E-state index contributed by atoms with van der Waals surface area (Å²) < 4.78 is 4.50. The number of nitrogens with zero attached hydrogens (tertiary/aromatic N) is 4. The average Bonchev–Trinajstić information content (AvgIpc) is 2.99. The normalized spacial score (nSPS) is 11.9. The molecule has 0 spiro atoms. The average molecular weight is 491 g/mol. The number of aromatic nitrogens is 3. The maximum Gasteiger partial charge on any atom is 0.282 e. The fraction of sp³-hybridized carbons (Fsp3) is 0.269. The molecule has 0 atom stereocenters. The SMILES string of the molecule is Cc1cc(C)cc(-n2c(C)cc(C=Nn3c(C(C)C)nc4ccc(Br)cc4c3=O)c2C)c1. The van der Waals surface area contributed by atoms with Crippen molar-refractivity contribution in [2.45, 2.75) is 47.5 Å². The van der Waals surface area contributed by atoms with Crippen molar-refractivity contribution in [1.29, 1.82) is 0 Å². The third-order valence-corrected chi connectivity index (χ3v) is 6.09. The van der Waals surface area contributed by atoms with Gasteiger partial charge in [-0.05, 0) is 75.2 Å². The molecule has 164 valence electrons. The Labute approximate surface area is 196 Å². The van der Waals surface area contributed by atoms with Gasteiger partial charge in [0.25, 0.3) is 5.56 Å². The smallest absolute Gasteiger partial charge is 0.282 e. The highest BCUT2D eigenvalue weighted by molar-refractivity contribution is 9.10. The Hall–Kier alpha value is -2.99. The van der Waals surface area contributed by atoms with Crippen molar-refractivity contribution < 1.29 is 0 Å². The molecular weight excluding hydrogens is 464 g/mol. The number of rotatable bonds is 4. The molecule has 5 nitrogen and oxygen atoms in total. The Kier molecular flexibility index (Phi) is 5.91. The lowest BCUT2D eigenvalue weighted by atomic mass is 10.1. The van der Waals surface area contributed by atoms with Gasteiger partial charge in [0, 0.05) is 33.0 Å². The van der Waals surface area contributed by atoms with Gasteiger partial charge < -0.3 is 4.57 Å². The molecule has 0 radical (unpaired) electrons. The maximum absolute atomic E-state index is 13.3. The first-order chi connectivity index (χ1) is 15.2. The van der Waals surface area contributed by atoms with Gasteiger partial charge in [-0.3, -0.25) is 4.79 Å². The zero-order valence-corrected chi connectivity index (χ0v) is 20.9. The highest BCUT2D eigenvalue weighted by Gasteiger charge is 2.15. The largest absolute Gasteiger partial charge is 0.318 e. The van der Waals surface area contributed by atoms with Crippen LogP contribution >= 0.6 is 15.9 Å². The Morgan fingerprint density at radius 2 is 1.69 bits per heavy atom. The summed E-state index contributed by atoms with van der Waals surface area (Å²) in [5.41, 5.74) is 7.26. The summed E-state index contributed by atoms with van der Waals surface area (Å²) in [6, 6.07) is 14.2. The quantitative estimate of drug-likeness (QED) is 0.320. The van der Waals surface area contributed by atoms with E-state index in [0.717, 1.165) is 27.1 Å². The highest BCUT2D eigenvalue weighted by Crippen LogP contribution is 2.23. The molecule has 0 fully saturated rings. The predicted molar refractivity (Wildman–Crippen MR) is 136 cm³/mol. The van der Waals surface area contributed by atoms with E-state index in [-0.39, 0.29) is 11.5 Å². The molecule has 0 aliphatic heterocycles. The lowest BCUT2D eigenvalue weighted by molar-refractivity contribution is 0.665. The number of fused-ring (bicyclic) bond motifs is 1. The first-order valence-corrected chi connectivity index (χ1v) is 11.5. The number of benzene rings is 2. The number of hydrogen-bond donors (Lipinski definition) is 0. The fourth-order valence-corrected chi connectivity index (χ4v) is 4.53. The lowest BCUT2D eigenvalue weighted by Crippen LogP contribution is -2.23. The minimum absolute atomic E-state index is 0.0515. The second-order valence-electron chi connectivity index (χ2n) is 8.66. The van der Waals surface area contributed by atoms with Gasteiger partial charge in [-0.2, -0.15) is 9.78 Å². The molecule has 0 aliphatic carbocycles. The fourth-order valence-electron chi connectivity index (χ4n) is 4.17. The van der Waals surface area contributed by atoms with E-state index in [0.29, 0.717) is 16.7 Å². The number of aryl methyl sites for hydroxylation is 3. The van der Waals surface area contributed by atoms with Crippen molar-refractivity contribution in [3.05, 3.63) is 91.2 Å². The van der Waals surface area contributed by atoms with Crippen LogP contribution < -0.4 is 5.56 Å². The van der Waals surface area contributed by atoms with E-state index >= 15 is 0 Å². The molecule has 4 aromatic rings. The van der Waals surface area contributed by atoms with Gasteiger partial charge in [0.05, 0.1) is 17.1 Å². The van der Waals surface area contributed by atoms with Crippen LogP contribution in [0.15, 0.2) is 56.8 Å². The summed E-state index contributed by atoms with van der Waals surface area (Å²) in [5, 5.41) is 5.15. The standard InChI is InChI=1S/C26H27BrN4O/c1-15(2)25-29-24-8-7-21(27)13-23(24)26(32)31(25)28-14-20-12-18(5)30(19(20)6)22-10-16(3)9-17(4)11-22/h7-15H,1-6H3. The molecule has 2 aromatic heterocycles. The summed E-state index contributed by atoms with van der Waals surface area (Å²) >= 11 is 3.45. The molecule has 6 heteroatoms. The second-order valence-corrected chi connectivity index (χ2v) is 9.57. The van der Waals surface area contributed by atoms with Gasteiger partial charge in [-0.25, -0.2) is 4.98 Å². The molecule has 0 bridgehead atoms. The van der Waals surface area contributed by atoms with E-state index in [9.17, 15) is 4.79 Å². The summed E-state index contributed by atoms with van der Waals surface area (Å²) in [5.74, 6) is 0.694. The molecule has 0 unspecified atom stereocenters. The Balaban J connectivity index is 1.84. The van der Waals surface area contributed by atoms with Crippen LogP contribution in [0.4, 0.5) is 0 Å². The van der Waals surface area contributed by atoms with Crippen LogP contribution in [-0.2, 0) is 0 Å². The zero-order chi connectivity index (χ0) is 23.2. The second kappa shape index (κ2) is 8.51. The topological polar surface area (TPSA) is 52.2 Å². The van der Waals surface area contributed by atoms with E-state index < -0.39 is 0 Å². The van der Waals surface area contributed by atoms with Gasteiger partial charge in [-0.1, -0.05) is 35.8 Å². The lowest BCUT2D eigenvalue weighted by Gasteiger charge is -2.12. The predicted octanol–water partition coefficient (Wildman–Crippen LogP) is 6.19. The third-order valence-electron chi connectivity index (χ3n) is 5.60. The minimum atomic E-state index is -0.167. The number of hydrogen-bond acceptors (Lipinski definition) is 3. The molecule has 0 saturated heterocycles. The van der Waals surface area contributed by atoms with Gasteiger partial charge in [0.2, 0.25) is 0 Å². The van der Waals surface area contributed by atoms with Gasteiger partial charge in [-0.15, -0.1) is 0 Å². The molecule has 0 aliphatic rings. The van der Waals surface area contributed by atoms with Gasteiger partial charge in [0.15, 0.2) is 0 Å². The Morgan fingerprint density at radius 3 is 2.34 bits per heavy atom. The Morgan fingerprint density at radius 1 is 1.00 bits per heavy atom. The van der Waals surface area contributed by atoms with Crippen molar-refractivity contribution in [3.8, 4) is 5.69 Å². The maximum atomic E-state index is 13.3. The summed E-state index contributed by atoms with van der Waals surface area (Å²) in [4.78, 5) is 18.0. The van der Waals surface area contributed by atoms with Crippen molar-refractivity contribution >= 4 is 33.0 Å². The summed E-state index contributed by atoms with van der Waals surface area (Å²) in [6.07, 6.45) is 1.76. The molecule has 0 saturated carbocycles. The molecule has 32 heavy (non-hydrogen) atoms. The zero-order valence-electron chi connectivity index (χ0n) is 19.3. The van der Waals surface area contributed by atoms with Gasteiger partial charge >= 0.3 is 0 Å². The van der Waals surface area contributed by atoms with Crippen LogP contribution in [0.1, 0.15) is 53.7 Å². The van der Waals surface area contributed by atoms with E-state index in [1.54, 1.807) is 12.3 Å². The van der Waals surface area contributed by atoms with E-state index in [1.165, 1.54) is 15.8 Å². The van der Waals surface area contributed by atoms with Crippen molar-refractivity contribution in [2.75, 3.05) is 0 Å². The summed E-state index contributed by atoms with van der Waals surface area (Å²) in [6.45, 7) is 12.4. The Bertz CT molecular complexity index is 1410. The van der Waals surface area contributed by atoms with Crippen LogP contribution in [0.25, 0.3) is 16.6 Å². The van der Waals surface area contributed by atoms with Crippen LogP contribution in [0.3, 0.4) is 0 Å². The van der Waals surface area contributed by atoms with E-state index in [1.807, 2.05) is 26.0 Å². The first-order valence-electron chi connectivity index (χ1n) is 10.7. The van der Waals surface area contributed by atoms with Crippen LogP contribution in [0, 0.1) is 27.7 Å². The first kappa shape index (κ1) is 22.2. The molecule has 4 rings (SSSR count). The molecule has 2 heterocycles. The van der Waals surface area contributed by atoms with Crippen LogP contribution in [-0.4, -0.2) is 20.4 Å². The van der Waals surface area contributed by atoms with Crippen molar-refractivity contribution in [1.82, 2.24) is 14.2 Å². The van der Waals surface area contributed by atoms with Gasteiger partial charge in [0.1, 0.15) is 5.82 Å². The molecule has 2 aromatic carbocycles. The minimum Gasteiger partial charge on any atom is -0.318 e. The van der Waals surface area contributed by atoms with E-state index in [4.69, 9.17) is 4.98 Å². The molecule has 0 amide bonds. The van der Waals surface area contributed by atoms with Crippen molar-refractivity contribution in [3.63, 3.8) is 0 Å². The van der Waals surface area contributed by atoms with Crippen LogP contribution in [0.5, 0.6) is 0 Å².